The number of fused-ring (bicyclic) bond motifs is 2. The lowest BCUT2D eigenvalue weighted by molar-refractivity contribution is 0.242. The molecular formula is C41H54N4O. The average molecular weight is 619 g/mol. The first-order valence-electron chi connectivity index (χ1n) is 17.6. The number of aliphatic hydroxyl groups is 1. The van der Waals surface area contributed by atoms with Gasteiger partial charge in [0.1, 0.15) is 5.82 Å². The Kier molecular flexibility index (Phi) is 9.45. The fourth-order valence-electron chi connectivity index (χ4n) is 7.80. The molecule has 2 aliphatic rings. The van der Waals surface area contributed by atoms with Crippen molar-refractivity contribution in [2.75, 3.05) is 44.2 Å². The molecule has 2 aromatic heterocycles. The SMILES string of the molecule is C=c1c2ccccc2c(=C)n1CCCc1ccc(N2CCN(CCCCCO)CC2)nc1-c1ccc2c(c1)C(C)(C)CCC2(C)C. The first-order valence-corrected chi connectivity index (χ1v) is 17.6. The van der Waals surface area contributed by atoms with Gasteiger partial charge in [0.25, 0.3) is 0 Å². The Balaban J connectivity index is 1.28. The van der Waals surface area contributed by atoms with E-state index in [2.05, 4.69) is 110 Å². The molecule has 1 aliphatic carbocycles. The molecule has 3 heterocycles. The van der Waals surface area contributed by atoms with Crippen LogP contribution in [0.2, 0.25) is 0 Å². The zero-order chi connectivity index (χ0) is 32.5. The lowest BCUT2D eigenvalue weighted by Gasteiger charge is -2.42. The molecule has 0 unspecified atom stereocenters. The van der Waals surface area contributed by atoms with Crippen molar-refractivity contribution in [3.8, 4) is 11.3 Å². The standard InChI is InChI=1S/C41H54N4O/c1-30-34-14-8-9-15-35(34)31(2)45(30)23-12-13-32-17-19-38(44-26-24-43(25-27-44)22-10-7-11-28-46)42-39(32)33-16-18-36-37(29-33)41(5,6)21-20-40(36,3)4/h8-9,14-19,29,46H,1-2,7,10-13,20-28H2,3-6H3. The van der Waals surface area contributed by atoms with Crippen LogP contribution in [-0.2, 0) is 23.8 Å². The summed E-state index contributed by atoms with van der Waals surface area (Å²) in [4.78, 5) is 10.5. The van der Waals surface area contributed by atoms with Gasteiger partial charge in [0, 0.05) is 66.4 Å². The molecule has 5 nitrogen and oxygen atoms in total. The molecule has 1 fully saturated rings. The monoisotopic (exact) mass is 618 g/mol. The second-order valence-corrected chi connectivity index (χ2v) is 15.0. The van der Waals surface area contributed by atoms with Gasteiger partial charge < -0.3 is 14.6 Å². The summed E-state index contributed by atoms with van der Waals surface area (Å²) in [6.45, 7) is 24.9. The molecule has 2 aromatic carbocycles. The van der Waals surface area contributed by atoms with Crippen LogP contribution in [0.1, 0.15) is 82.9 Å². The van der Waals surface area contributed by atoms with Gasteiger partial charge in [-0.1, -0.05) is 83.3 Å². The molecule has 0 spiro atoms. The molecule has 244 valence electrons. The molecule has 1 N–H and O–H groups in total. The smallest absolute Gasteiger partial charge is 0.129 e. The van der Waals surface area contributed by atoms with Gasteiger partial charge in [-0.2, -0.15) is 0 Å². The molecular weight excluding hydrogens is 564 g/mol. The maximum absolute atomic E-state index is 9.11. The quantitative estimate of drug-likeness (QED) is 0.188. The summed E-state index contributed by atoms with van der Waals surface area (Å²) in [5.74, 6) is 1.09. The fraction of sp³-hybridized carbons (Fsp3) is 0.488. The molecule has 0 bridgehead atoms. The van der Waals surface area contributed by atoms with Gasteiger partial charge in [0.05, 0.1) is 5.69 Å². The highest BCUT2D eigenvalue weighted by atomic mass is 16.2. The van der Waals surface area contributed by atoms with Crippen molar-refractivity contribution in [3.63, 3.8) is 0 Å². The van der Waals surface area contributed by atoms with E-state index in [0.29, 0.717) is 6.61 Å². The summed E-state index contributed by atoms with van der Waals surface area (Å²) >= 11 is 0. The van der Waals surface area contributed by atoms with Crippen molar-refractivity contribution >= 4 is 29.7 Å². The van der Waals surface area contributed by atoms with Crippen molar-refractivity contribution in [1.82, 2.24) is 14.5 Å². The minimum Gasteiger partial charge on any atom is -0.396 e. The fourth-order valence-corrected chi connectivity index (χ4v) is 7.80. The number of aromatic nitrogens is 2. The maximum Gasteiger partial charge on any atom is 0.129 e. The number of hydrogen-bond donors (Lipinski definition) is 1. The minimum atomic E-state index is 0.150. The third kappa shape index (κ3) is 6.55. The number of pyridine rings is 1. The second kappa shape index (κ2) is 13.4. The zero-order valence-electron chi connectivity index (χ0n) is 28.7. The number of hydrogen-bond acceptors (Lipinski definition) is 4. The van der Waals surface area contributed by atoms with Gasteiger partial charge in [0.2, 0.25) is 0 Å². The normalized spacial score (nSPS) is 17.8. The maximum atomic E-state index is 9.11. The highest BCUT2D eigenvalue weighted by molar-refractivity contribution is 5.83. The van der Waals surface area contributed by atoms with E-state index < -0.39 is 0 Å². The Hall–Kier alpha value is -3.41. The van der Waals surface area contributed by atoms with E-state index in [-0.39, 0.29) is 10.8 Å². The molecule has 6 rings (SSSR count). The first kappa shape index (κ1) is 32.5. The second-order valence-electron chi connectivity index (χ2n) is 15.0. The minimum absolute atomic E-state index is 0.150. The van der Waals surface area contributed by atoms with Crippen LogP contribution in [-0.4, -0.2) is 58.9 Å². The summed E-state index contributed by atoms with van der Waals surface area (Å²) in [6, 6.07) is 20.3. The zero-order valence-corrected chi connectivity index (χ0v) is 28.7. The molecule has 5 heteroatoms. The first-order chi connectivity index (χ1) is 22.1. The van der Waals surface area contributed by atoms with Crippen LogP contribution >= 0.6 is 0 Å². The number of rotatable bonds is 11. The highest BCUT2D eigenvalue weighted by Crippen LogP contribution is 2.47. The van der Waals surface area contributed by atoms with Crippen molar-refractivity contribution < 1.29 is 5.11 Å². The number of benzene rings is 2. The third-order valence-electron chi connectivity index (χ3n) is 10.9. The number of piperazine rings is 1. The number of aliphatic hydroxyl groups excluding tert-OH is 1. The van der Waals surface area contributed by atoms with E-state index in [1.807, 2.05) is 0 Å². The predicted octanol–water partition coefficient (Wildman–Crippen LogP) is 6.79. The molecule has 0 saturated carbocycles. The van der Waals surface area contributed by atoms with Crippen molar-refractivity contribution in [2.24, 2.45) is 0 Å². The van der Waals surface area contributed by atoms with Crippen LogP contribution in [0.15, 0.2) is 54.6 Å². The van der Waals surface area contributed by atoms with Gasteiger partial charge in [-0.25, -0.2) is 4.98 Å². The highest BCUT2D eigenvalue weighted by Gasteiger charge is 2.37. The lowest BCUT2D eigenvalue weighted by Crippen LogP contribution is -2.47. The van der Waals surface area contributed by atoms with Gasteiger partial charge in [0.15, 0.2) is 0 Å². The summed E-state index contributed by atoms with van der Waals surface area (Å²) < 4.78 is 2.29. The molecule has 4 aromatic rings. The van der Waals surface area contributed by atoms with Gasteiger partial charge >= 0.3 is 0 Å². The largest absolute Gasteiger partial charge is 0.396 e. The Morgan fingerprint density at radius 2 is 1.41 bits per heavy atom. The number of aryl methyl sites for hydroxylation is 1. The number of unbranched alkanes of at least 4 members (excludes halogenated alkanes) is 2. The van der Waals surface area contributed by atoms with Gasteiger partial charge in [-0.15, -0.1) is 0 Å². The van der Waals surface area contributed by atoms with E-state index >= 15 is 0 Å². The van der Waals surface area contributed by atoms with Crippen LogP contribution in [0.4, 0.5) is 5.82 Å². The van der Waals surface area contributed by atoms with E-state index in [1.165, 1.54) is 45.9 Å². The van der Waals surface area contributed by atoms with Crippen molar-refractivity contribution in [3.05, 3.63) is 82.0 Å². The topological polar surface area (TPSA) is 44.5 Å². The van der Waals surface area contributed by atoms with Crippen LogP contribution in [0.25, 0.3) is 35.2 Å². The van der Waals surface area contributed by atoms with Gasteiger partial charge in [-0.3, -0.25) is 4.90 Å². The van der Waals surface area contributed by atoms with Crippen molar-refractivity contribution in [1.29, 1.82) is 0 Å². The Labute approximate surface area is 276 Å². The van der Waals surface area contributed by atoms with Crippen LogP contribution in [0, 0.1) is 0 Å². The van der Waals surface area contributed by atoms with Crippen LogP contribution in [0.5, 0.6) is 0 Å². The summed E-state index contributed by atoms with van der Waals surface area (Å²) in [5, 5.41) is 13.6. The number of anilines is 1. The lowest BCUT2D eigenvalue weighted by atomic mass is 9.63. The summed E-state index contributed by atoms with van der Waals surface area (Å²) in [6.07, 6.45) is 7.54. The van der Waals surface area contributed by atoms with E-state index in [4.69, 9.17) is 10.1 Å². The van der Waals surface area contributed by atoms with Crippen molar-refractivity contribution in [2.45, 2.75) is 90.0 Å². The molecule has 0 radical (unpaired) electrons. The summed E-state index contributed by atoms with van der Waals surface area (Å²) in [5.41, 5.74) is 7.00. The average Bonchev–Trinajstić information content (AvgIpc) is 3.30. The van der Waals surface area contributed by atoms with Crippen LogP contribution < -0.4 is 15.6 Å². The van der Waals surface area contributed by atoms with Crippen LogP contribution in [0.3, 0.4) is 0 Å². The Morgan fingerprint density at radius 1 is 0.739 bits per heavy atom. The third-order valence-corrected chi connectivity index (χ3v) is 10.9. The van der Waals surface area contributed by atoms with E-state index in [1.54, 1.807) is 0 Å². The molecule has 1 aliphatic heterocycles. The van der Waals surface area contributed by atoms with E-state index in [0.717, 1.165) is 93.6 Å². The molecule has 0 amide bonds. The Morgan fingerprint density at radius 3 is 2.09 bits per heavy atom. The predicted molar refractivity (Wildman–Crippen MR) is 195 cm³/mol. The molecule has 46 heavy (non-hydrogen) atoms. The summed E-state index contributed by atoms with van der Waals surface area (Å²) in [7, 11) is 0. The van der Waals surface area contributed by atoms with Gasteiger partial charge in [-0.05, 0) is 91.1 Å². The molecule has 0 atom stereocenters. The Bertz CT molecular complexity index is 1730. The molecule has 1 saturated heterocycles. The number of nitrogens with zero attached hydrogens (tertiary/aromatic N) is 4. The van der Waals surface area contributed by atoms with E-state index in [9.17, 15) is 0 Å².